The molecular weight excluding hydrogens is 228 g/mol. The molecule has 0 aliphatic carbocycles. The van der Waals surface area contributed by atoms with E-state index < -0.39 is 0 Å². The van der Waals surface area contributed by atoms with Crippen LogP contribution >= 0.6 is 0 Å². The molecule has 0 spiro atoms. The van der Waals surface area contributed by atoms with E-state index in [0.29, 0.717) is 6.04 Å². The van der Waals surface area contributed by atoms with E-state index in [0.717, 1.165) is 30.3 Å². The van der Waals surface area contributed by atoms with Crippen molar-refractivity contribution >= 4 is 11.6 Å². The van der Waals surface area contributed by atoms with E-state index in [1.54, 1.807) is 18.6 Å². The van der Waals surface area contributed by atoms with Crippen molar-refractivity contribution in [2.24, 2.45) is 7.05 Å². The van der Waals surface area contributed by atoms with E-state index in [1.807, 2.05) is 18.7 Å². The maximum Gasteiger partial charge on any atom is 0.144 e. The Hall–Kier alpha value is -2.11. The maximum atomic E-state index is 4.43. The summed E-state index contributed by atoms with van der Waals surface area (Å²) in [5.41, 5.74) is 2.37. The molecule has 3 heterocycles. The minimum Gasteiger partial charge on any atom is -0.368 e. The zero-order valence-electron chi connectivity index (χ0n) is 10.5. The molecule has 2 aromatic rings. The van der Waals surface area contributed by atoms with Crippen LogP contribution in [0.4, 0.5) is 11.6 Å². The zero-order chi connectivity index (χ0) is 12.5. The third-order valence-electron chi connectivity index (χ3n) is 3.23. The first kappa shape index (κ1) is 11.0. The summed E-state index contributed by atoms with van der Waals surface area (Å²) in [7, 11) is 1.97. The van der Waals surface area contributed by atoms with Crippen LogP contribution in [0.3, 0.4) is 0 Å². The highest BCUT2D eigenvalue weighted by Crippen LogP contribution is 2.25. The average molecular weight is 244 g/mol. The summed E-state index contributed by atoms with van der Waals surface area (Å²) >= 11 is 0. The number of nitrogens with zero attached hydrogens (tertiary/aromatic N) is 4. The Morgan fingerprint density at radius 3 is 3.11 bits per heavy atom. The van der Waals surface area contributed by atoms with Crippen molar-refractivity contribution < 1.29 is 0 Å². The molecule has 3 rings (SSSR count). The first-order chi connectivity index (χ1) is 8.74. The standard InChI is InChI=1S/C12H16N6/c1-8-10-5-9(6-15-12(10)18(2)17-8)16-11-7-13-3-4-14-11/h3-4,7,9,15H,5-6H2,1-2H3,(H,14,16). The third-order valence-corrected chi connectivity index (χ3v) is 3.23. The Bertz CT molecular complexity index is 547. The summed E-state index contributed by atoms with van der Waals surface area (Å²) in [4.78, 5) is 8.29. The van der Waals surface area contributed by atoms with Crippen molar-refractivity contribution in [3.05, 3.63) is 29.8 Å². The third kappa shape index (κ3) is 1.90. The predicted molar refractivity (Wildman–Crippen MR) is 69.6 cm³/mol. The van der Waals surface area contributed by atoms with E-state index in [2.05, 4.69) is 25.7 Å². The number of anilines is 2. The van der Waals surface area contributed by atoms with Gasteiger partial charge in [0.1, 0.15) is 11.6 Å². The van der Waals surface area contributed by atoms with E-state index in [-0.39, 0.29) is 0 Å². The van der Waals surface area contributed by atoms with Crippen LogP contribution < -0.4 is 10.6 Å². The number of nitrogens with one attached hydrogen (secondary N) is 2. The molecule has 0 fully saturated rings. The minimum atomic E-state index is 0.317. The molecule has 0 bridgehead atoms. The molecule has 2 aromatic heterocycles. The molecule has 1 aliphatic heterocycles. The number of aromatic nitrogens is 4. The van der Waals surface area contributed by atoms with Gasteiger partial charge < -0.3 is 10.6 Å². The Morgan fingerprint density at radius 1 is 1.44 bits per heavy atom. The summed E-state index contributed by atoms with van der Waals surface area (Å²) in [6, 6.07) is 0.317. The van der Waals surface area contributed by atoms with Crippen LogP contribution in [0.1, 0.15) is 11.3 Å². The lowest BCUT2D eigenvalue weighted by Crippen LogP contribution is -2.35. The van der Waals surface area contributed by atoms with Crippen LogP contribution in [-0.2, 0) is 13.5 Å². The summed E-state index contributed by atoms with van der Waals surface area (Å²) in [5.74, 6) is 1.94. The van der Waals surface area contributed by atoms with Crippen molar-refractivity contribution in [1.82, 2.24) is 19.7 Å². The molecule has 0 aromatic carbocycles. The van der Waals surface area contributed by atoms with E-state index in [9.17, 15) is 0 Å². The molecule has 0 amide bonds. The topological polar surface area (TPSA) is 67.7 Å². The molecule has 18 heavy (non-hydrogen) atoms. The second-order valence-corrected chi connectivity index (χ2v) is 4.55. The highest BCUT2D eigenvalue weighted by atomic mass is 15.3. The molecule has 94 valence electrons. The number of aryl methyl sites for hydroxylation is 2. The first-order valence-corrected chi connectivity index (χ1v) is 6.03. The quantitative estimate of drug-likeness (QED) is 0.824. The second-order valence-electron chi connectivity index (χ2n) is 4.55. The average Bonchev–Trinajstić information content (AvgIpc) is 2.66. The van der Waals surface area contributed by atoms with Gasteiger partial charge in [0.2, 0.25) is 0 Å². The molecular formula is C12H16N6. The van der Waals surface area contributed by atoms with Crippen LogP contribution in [-0.4, -0.2) is 32.3 Å². The van der Waals surface area contributed by atoms with Crippen molar-refractivity contribution in [3.63, 3.8) is 0 Å². The molecule has 1 unspecified atom stereocenters. The van der Waals surface area contributed by atoms with E-state index in [4.69, 9.17) is 0 Å². The Labute approximate surface area is 105 Å². The van der Waals surface area contributed by atoms with Gasteiger partial charge in [-0.25, -0.2) is 4.98 Å². The van der Waals surface area contributed by atoms with Crippen LogP contribution in [0.25, 0.3) is 0 Å². The molecule has 1 atom stereocenters. The largest absolute Gasteiger partial charge is 0.368 e. The minimum absolute atomic E-state index is 0.317. The van der Waals surface area contributed by atoms with Gasteiger partial charge >= 0.3 is 0 Å². The predicted octanol–water partition coefficient (Wildman–Crippen LogP) is 0.967. The van der Waals surface area contributed by atoms with Gasteiger partial charge in [0, 0.05) is 37.6 Å². The smallest absolute Gasteiger partial charge is 0.144 e. The Kier molecular flexibility index (Phi) is 2.62. The van der Waals surface area contributed by atoms with E-state index in [1.165, 1.54) is 5.56 Å². The molecule has 1 aliphatic rings. The molecule has 2 N–H and O–H groups in total. The van der Waals surface area contributed by atoms with Crippen molar-refractivity contribution in [3.8, 4) is 0 Å². The van der Waals surface area contributed by atoms with Crippen LogP contribution in [0.5, 0.6) is 0 Å². The van der Waals surface area contributed by atoms with E-state index >= 15 is 0 Å². The fourth-order valence-electron chi connectivity index (χ4n) is 2.39. The molecule has 6 heteroatoms. The second kappa shape index (κ2) is 4.29. The van der Waals surface area contributed by atoms with Crippen molar-refractivity contribution in [2.75, 3.05) is 17.2 Å². The SMILES string of the molecule is Cc1nn(C)c2c1CC(Nc1cnccn1)CN2. The summed E-state index contributed by atoms with van der Waals surface area (Å²) < 4.78 is 1.91. The fourth-order valence-corrected chi connectivity index (χ4v) is 2.39. The lowest BCUT2D eigenvalue weighted by Gasteiger charge is -2.25. The van der Waals surface area contributed by atoms with Crippen LogP contribution in [0, 0.1) is 6.92 Å². The van der Waals surface area contributed by atoms with Gasteiger partial charge in [0.05, 0.1) is 11.9 Å². The maximum absolute atomic E-state index is 4.43. The van der Waals surface area contributed by atoms with Gasteiger partial charge in [0.25, 0.3) is 0 Å². The molecule has 0 radical (unpaired) electrons. The lowest BCUT2D eigenvalue weighted by atomic mass is 10.0. The van der Waals surface area contributed by atoms with Crippen LogP contribution in [0.15, 0.2) is 18.6 Å². The first-order valence-electron chi connectivity index (χ1n) is 6.03. The fraction of sp³-hybridized carbons (Fsp3) is 0.417. The highest BCUT2D eigenvalue weighted by molar-refractivity contribution is 5.52. The molecule has 0 saturated carbocycles. The van der Waals surface area contributed by atoms with Gasteiger partial charge in [-0.3, -0.25) is 9.67 Å². The number of rotatable bonds is 2. The Balaban J connectivity index is 1.77. The summed E-state index contributed by atoms with van der Waals surface area (Å²) in [5, 5.41) is 11.2. The number of hydrogen-bond acceptors (Lipinski definition) is 5. The monoisotopic (exact) mass is 244 g/mol. The van der Waals surface area contributed by atoms with Gasteiger partial charge in [-0.1, -0.05) is 0 Å². The normalized spacial score (nSPS) is 18.0. The summed E-state index contributed by atoms with van der Waals surface area (Å²) in [6.45, 7) is 2.91. The summed E-state index contributed by atoms with van der Waals surface area (Å²) in [6.07, 6.45) is 6.07. The molecule has 0 saturated heterocycles. The zero-order valence-corrected chi connectivity index (χ0v) is 10.5. The molecule has 6 nitrogen and oxygen atoms in total. The van der Waals surface area contributed by atoms with Crippen LogP contribution in [0.2, 0.25) is 0 Å². The van der Waals surface area contributed by atoms with Gasteiger partial charge in [-0.2, -0.15) is 5.10 Å². The lowest BCUT2D eigenvalue weighted by molar-refractivity contribution is 0.698. The highest BCUT2D eigenvalue weighted by Gasteiger charge is 2.23. The Morgan fingerprint density at radius 2 is 2.33 bits per heavy atom. The van der Waals surface area contributed by atoms with Gasteiger partial charge in [-0.15, -0.1) is 0 Å². The van der Waals surface area contributed by atoms with Crippen molar-refractivity contribution in [2.45, 2.75) is 19.4 Å². The number of fused-ring (bicyclic) bond motifs is 1. The number of hydrogen-bond donors (Lipinski definition) is 2. The van der Waals surface area contributed by atoms with Gasteiger partial charge in [-0.05, 0) is 13.3 Å². The van der Waals surface area contributed by atoms with Crippen molar-refractivity contribution in [1.29, 1.82) is 0 Å². The van der Waals surface area contributed by atoms with Gasteiger partial charge in [0.15, 0.2) is 0 Å².